The van der Waals surface area contributed by atoms with Gasteiger partial charge < -0.3 is 0 Å². The van der Waals surface area contributed by atoms with Gasteiger partial charge in [-0.3, -0.25) is 0 Å². The average molecular weight is 285 g/mol. The van der Waals surface area contributed by atoms with E-state index < -0.39 is 0 Å². The molecule has 2 nitrogen and oxygen atoms in total. The standard InChI is InChI=1S/C18H40N2/c1-7-11-13-15-19(16-14-12-8-2)20(17(5)9-3)18(6)10-4/h17-18H,7-16H2,1-6H3. The van der Waals surface area contributed by atoms with E-state index in [2.05, 4.69) is 51.6 Å². The number of hydrogen-bond donors (Lipinski definition) is 0. The van der Waals surface area contributed by atoms with E-state index >= 15 is 0 Å². The van der Waals surface area contributed by atoms with E-state index in [1.54, 1.807) is 0 Å². The van der Waals surface area contributed by atoms with E-state index in [1.165, 1.54) is 64.5 Å². The van der Waals surface area contributed by atoms with Gasteiger partial charge in [-0.05, 0) is 39.5 Å². The fourth-order valence-corrected chi connectivity index (χ4v) is 2.80. The minimum atomic E-state index is 0.660. The van der Waals surface area contributed by atoms with Gasteiger partial charge >= 0.3 is 0 Å². The van der Waals surface area contributed by atoms with E-state index in [0.29, 0.717) is 12.1 Å². The highest BCUT2D eigenvalue weighted by Gasteiger charge is 2.23. The summed E-state index contributed by atoms with van der Waals surface area (Å²) in [6.45, 7) is 16.5. The fraction of sp³-hybridized carbons (Fsp3) is 1.00. The lowest BCUT2D eigenvalue weighted by Gasteiger charge is -2.43. The molecule has 122 valence electrons. The molecule has 0 saturated heterocycles. The summed E-state index contributed by atoms with van der Waals surface area (Å²) in [7, 11) is 0. The van der Waals surface area contributed by atoms with Gasteiger partial charge in [0.2, 0.25) is 0 Å². The van der Waals surface area contributed by atoms with Crippen molar-refractivity contribution in [2.75, 3.05) is 13.1 Å². The Labute approximate surface area is 128 Å². The maximum absolute atomic E-state index is 2.69. The normalized spacial score (nSPS) is 15.0. The van der Waals surface area contributed by atoms with E-state index in [9.17, 15) is 0 Å². The number of unbranched alkanes of at least 4 members (excludes halogenated alkanes) is 4. The van der Waals surface area contributed by atoms with E-state index in [0.717, 1.165) is 0 Å². The third-order valence-electron chi connectivity index (χ3n) is 4.45. The highest BCUT2D eigenvalue weighted by Crippen LogP contribution is 2.17. The first kappa shape index (κ1) is 19.9. The van der Waals surface area contributed by atoms with E-state index in [1.807, 2.05) is 0 Å². The van der Waals surface area contributed by atoms with Gasteiger partial charge in [-0.1, -0.05) is 53.4 Å². The third-order valence-corrected chi connectivity index (χ3v) is 4.45. The molecule has 0 bridgehead atoms. The summed E-state index contributed by atoms with van der Waals surface area (Å²) in [4.78, 5) is 0. The zero-order valence-electron chi connectivity index (χ0n) is 15.1. The predicted octanol–water partition coefficient (Wildman–Crippen LogP) is 5.48. The number of rotatable bonds is 13. The molecule has 2 atom stereocenters. The number of hydrazine groups is 1. The molecule has 0 heterocycles. The molecule has 0 spiro atoms. The maximum Gasteiger partial charge on any atom is 0.0218 e. The third kappa shape index (κ3) is 7.64. The van der Waals surface area contributed by atoms with Crippen molar-refractivity contribution in [3.05, 3.63) is 0 Å². The average Bonchev–Trinajstić information content (AvgIpc) is 2.46. The van der Waals surface area contributed by atoms with Crippen LogP contribution in [0, 0.1) is 0 Å². The van der Waals surface area contributed by atoms with Crippen molar-refractivity contribution in [1.29, 1.82) is 0 Å². The van der Waals surface area contributed by atoms with Gasteiger partial charge in [0.25, 0.3) is 0 Å². The first-order valence-electron chi connectivity index (χ1n) is 9.15. The summed E-state index contributed by atoms with van der Waals surface area (Å²) in [5, 5.41) is 5.36. The number of nitrogens with zero attached hydrogens (tertiary/aromatic N) is 2. The summed E-state index contributed by atoms with van der Waals surface area (Å²) in [6, 6.07) is 1.32. The van der Waals surface area contributed by atoms with Gasteiger partial charge in [0, 0.05) is 25.2 Å². The summed E-state index contributed by atoms with van der Waals surface area (Å²) in [5.74, 6) is 0. The largest absolute Gasteiger partial charge is 0.241 e. The first-order valence-corrected chi connectivity index (χ1v) is 9.15. The predicted molar refractivity (Wildman–Crippen MR) is 92.0 cm³/mol. The lowest BCUT2D eigenvalue weighted by Crippen LogP contribution is -2.52. The molecule has 0 amide bonds. The Kier molecular flexibility index (Phi) is 12.6. The Balaban J connectivity index is 4.68. The smallest absolute Gasteiger partial charge is 0.0218 e. The number of hydrogen-bond acceptors (Lipinski definition) is 2. The molecular formula is C18H40N2. The molecule has 2 heteroatoms. The zero-order chi connectivity index (χ0) is 15.4. The van der Waals surface area contributed by atoms with Crippen LogP contribution in [0.3, 0.4) is 0 Å². The minimum Gasteiger partial charge on any atom is -0.241 e. The second kappa shape index (κ2) is 12.6. The first-order chi connectivity index (χ1) is 9.62. The molecule has 0 aliphatic rings. The summed E-state index contributed by atoms with van der Waals surface area (Å²) >= 11 is 0. The molecule has 0 fully saturated rings. The van der Waals surface area contributed by atoms with Crippen LogP contribution in [0.5, 0.6) is 0 Å². The van der Waals surface area contributed by atoms with Crippen molar-refractivity contribution >= 4 is 0 Å². The molecular weight excluding hydrogens is 244 g/mol. The highest BCUT2D eigenvalue weighted by molar-refractivity contribution is 4.71. The lowest BCUT2D eigenvalue weighted by atomic mass is 10.1. The van der Waals surface area contributed by atoms with Crippen molar-refractivity contribution in [2.45, 2.75) is 105 Å². The SMILES string of the molecule is CCCCCN(CCCCC)N(C(C)CC)C(C)CC. The zero-order valence-corrected chi connectivity index (χ0v) is 15.1. The molecule has 0 aliphatic carbocycles. The Morgan fingerprint density at radius 2 is 1.05 bits per heavy atom. The molecule has 0 aliphatic heterocycles. The molecule has 0 aromatic rings. The second-order valence-electron chi connectivity index (χ2n) is 6.26. The summed E-state index contributed by atoms with van der Waals surface area (Å²) in [5.41, 5.74) is 0. The molecule has 0 radical (unpaired) electrons. The minimum absolute atomic E-state index is 0.660. The molecule has 0 aromatic heterocycles. The van der Waals surface area contributed by atoms with Crippen LogP contribution < -0.4 is 0 Å². The van der Waals surface area contributed by atoms with Gasteiger partial charge in [-0.25, -0.2) is 10.0 Å². The maximum atomic E-state index is 2.69. The van der Waals surface area contributed by atoms with Crippen molar-refractivity contribution in [1.82, 2.24) is 10.0 Å². The van der Waals surface area contributed by atoms with Crippen molar-refractivity contribution in [3.8, 4) is 0 Å². The Hall–Kier alpha value is -0.0800. The highest BCUT2D eigenvalue weighted by atomic mass is 15.6. The van der Waals surface area contributed by atoms with Crippen LogP contribution >= 0.6 is 0 Å². The van der Waals surface area contributed by atoms with Gasteiger partial charge in [-0.2, -0.15) is 0 Å². The quantitative estimate of drug-likeness (QED) is 0.326. The molecule has 0 N–H and O–H groups in total. The van der Waals surface area contributed by atoms with Gasteiger partial charge in [-0.15, -0.1) is 0 Å². The monoisotopic (exact) mass is 284 g/mol. The van der Waals surface area contributed by atoms with Gasteiger partial charge in [0.1, 0.15) is 0 Å². The van der Waals surface area contributed by atoms with Crippen LogP contribution in [0.25, 0.3) is 0 Å². The molecule has 0 rings (SSSR count). The second-order valence-corrected chi connectivity index (χ2v) is 6.26. The van der Waals surface area contributed by atoms with Crippen molar-refractivity contribution < 1.29 is 0 Å². The van der Waals surface area contributed by atoms with Crippen LogP contribution in [0.2, 0.25) is 0 Å². The summed E-state index contributed by atoms with van der Waals surface area (Å²) in [6.07, 6.45) is 10.5. The van der Waals surface area contributed by atoms with Crippen LogP contribution in [0.4, 0.5) is 0 Å². The van der Waals surface area contributed by atoms with Gasteiger partial charge in [0.15, 0.2) is 0 Å². The summed E-state index contributed by atoms with van der Waals surface area (Å²) < 4.78 is 0. The lowest BCUT2D eigenvalue weighted by molar-refractivity contribution is -0.0890. The van der Waals surface area contributed by atoms with Crippen LogP contribution in [0.1, 0.15) is 92.9 Å². The molecule has 0 saturated carbocycles. The van der Waals surface area contributed by atoms with E-state index in [4.69, 9.17) is 0 Å². The molecule has 0 aromatic carbocycles. The fourth-order valence-electron chi connectivity index (χ4n) is 2.80. The van der Waals surface area contributed by atoms with Crippen molar-refractivity contribution in [2.24, 2.45) is 0 Å². The Morgan fingerprint density at radius 1 is 0.650 bits per heavy atom. The van der Waals surface area contributed by atoms with Crippen LogP contribution in [0.15, 0.2) is 0 Å². The topological polar surface area (TPSA) is 6.48 Å². The Bertz CT molecular complexity index is 186. The van der Waals surface area contributed by atoms with E-state index in [-0.39, 0.29) is 0 Å². The van der Waals surface area contributed by atoms with Crippen LogP contribution in [-0.2, 0) is 0 Å². The van der Waals surface area contributed by atoms with Gasteiger partial charge in [0.05, 0.1) is 0 Å². The molecule has 2 unspecified atom stereocenters. The van der Waals surface area contributed by atoms with Crippen LogP contribution in [-0.4, -0.2) is 35.2 Å². The Morgan fingerprint density at radius 3 is 1.35 bits per heavy atom. The molecule has 20 heavy (non-hydrogen) atoms. The van der Waals surface area contributed by atoms with Crippen molar-refractivity contribution in [3.63, 3.8) is 0 Å².